The second kappa shape index (κ2) is 8.64. The Morgan fingerprint density at radius 3 is 2.67 bits per heavy atom. The van der Waals surface area contributed by atoms with Gasteiger partial charge in [0, 0.05) is 23.7 Å². The predicted molar refractivity (Wildman–Crippen MR) is 104 cm³/mol. The van der Waals surface area contributed by atoms with Gasteiger partial charge < -0.3 is 14.4 Å². The normalized spacial score (nSPS) is 11.1. The van der Waals surface area contributed by atoms with Gasteiger partial charge in [-0.05, 0) is 57.4 Å². The highest BCUT2D eigenvalue weighted by molar-refractivity contribution is 5.91. The molecule has 0 spiro atoms. The highest BCUT2D eigenvalue weighted by Crippen LogP contribution is 2.28. The fraction of sp³-hybridized carbons (Fsp3) is 0.350. The Labute approximate surface area is 158 Å². The Bertz CT molecular complexity index is 903. The minimum atomic E-state index is -0.330. The number of rotatable bonds is 8. The maximum atomic E-state index is 11.9. The van der Waals surface area contributed by atoms with Crippen molar-refractivity contribution in [1.82, 2.24) is 19.7 Å². The molecule has 142 valence electrons. The van der Waals surface area contributed by atoms with Crippen LogP contribution in [-0.4, -0.2) is 59.5 Å². The molecule has 7 nitrogen and oxygen atoms in total. The summed E-state index contributed by atoms with van der Waals surface area (Å²) in [6.07, 6.45) is 1.69. The van der Waals surface area contributed by atoms with E-state index in [9.17, 15) is 4.79 Å². The van der Waals surface area contributed by atoms with E-state index in [4.69, 9.17) is 9.47 Å². The summed E-state index contributed by atoms with van der Waals surface area (Å²) in [5.74, 6) is 0.484. The number of esters is 1. The highest BCUT2D eigenvalue weighted by atomic mass is 16.5. The minimum Gasteiger partial charge on any atom is -0.492 e. The number of nitrogens with zero attached hydrogens (tertiary/aromatic N) is 4. The maximum Gasteiger partial charge on any atom is 0.327 e. The van der Waals surface area contributed by atoms with Gasteiger partial charge in [-0.2, -0.15) is 5.10 Å². The number of hydrogen-bond acceptors (Lipinski definition) is 6. The van der Waals surface area contributed by atoms with E-state index >= 15 is 0 Å². The number of carbonyl (C=O) groups excluding carboxylic acids is 1. The first-order valence-corrected chi connectivity index (χ1v) is 8.93. The third-order valence-corrected chi connectivity index (χ3v) is 4.03. The van der Waals surface area contributed by atoms with Crippen molar-refractivity contribution in [3.63, 3.8) is 0 Å². The van der Waals surface area contributed by atoms with Gasteiger partial charge in [-0.1, -0.05) is 0 Å². The molecule has 27 heavy (non-hydrogen) atoms. The molecule has 0 fully saturated rings. The first kappa shape index (κ1) is 18.8. The second-order valence-corrected chi connectivity index (χ2v) is 6.36. The van der Waals surface area contributed by atoms with Gasteiger partial charge in [0.2, 0.25) is 0 Å². The number of carbonyl (C=O) groups is 1. The molecule has 0 atom stereocenters. The van der Waals surface area contributed by atoms with E-state index in [0.717, 1.165) is 28.9 Å². The Kier molecular flexibility index (Phi) is 6.03. The van der Waals surface area contributed by atoms with Crippen LogP contribution in [-0.2, 0) is 16.1 Å². The maximum absolute atomic E-state index is 11.9. The van der Waals surface area contributed by atoms with E-state index in [1.807, 2.05) is 50.5 Å². The highest BCUT2D eigenvalue weighted by Gasteiger charge is 2.15. The summed E-state index contributed by atoms with van der Waals surface area (Å²) in [4.78, 5) is 18.3. The van der Waals surface area contributed by atoms with Gasteiger partial charge in [0.1, 0.15) is 24.6 Å². The number of likely N-dealkylation sites (N-methyl/N-ethyl adjacent to an activating group) is 1. The van der Waals surface area contributed by atoms with Crippen LogP contribution in [0.5, 0.6) is 5.75 Å². The van der Waals surface area contributed by atoms with Gasteiger partial charge in [-0.3, -0.25) is 4.79 Å². The fourth-order valence-corrected chi connectivity index (χ4v) is 2.72. The van der Waals surface area contributed by atoms with Crippen LogP contribution in [0.1, 0.15) is 6.92 Å². The van der Waals surface area contributed by atoms with Gasteiger partial charge in [-0.15, -0.1) is 0 Å². The number of aromatic nitrogens is 3. The van der Waals surface area contributed by atoms with Crippen molar-refractivity contribution in [2.45, 2.75) is 13.5 Å². The summed E-state index contributed by atoms with van der Waals surface area (Å²) in [6, 6.07) is 11.6. The molecule has 7 heteroatoms. The molecule has 0 amide bonds. The van der Waals surface area contributed by atoms with Gasteiger partial charge in [0.15, 0.2) is 5.65 Å². The summed E-state index contributed by atoms with van der Waals surface area (Å²) in [5.41, 5.74) is 2.38. The Hall–Kier alpha value is -2.93. The van der Waals surface area contributed by atoms with Crippen molar-refractivity contribution in [1.29, 1.82) is 0 Å². The van der Waals surface area contributed by atoms with Gasteiger partial charge in [-0.25, -0.2) is 9.67 Å². The molecule has 0 bridgehead atoms. The lowest BCUT2D eigenvalue weighted by Crippen LogP contribution is -2.19. The van der Waals surface area contributed by atoms with Crippen LogP contribution in [0.25, 0.3) is 22.3 Å². The van der Waals surface area contributed by atoms with E-state index in [2.05, 4.69) is 15.0 Å². The summed E-state index contributed by atoms with van der Waals surface area (Å²) < 4.78 is 12.4. The molecule has 3 rings (SSSR count). The summed E-state index contributed by atoms with van der Waals surface area (Å²) >= 11 is 0. The van der Waals surface area contributed by atoms with Gasteiger partial charge >= 0.3 is 5.97 Å². The quantitative estimate of drug-likeness (QED) is 0.569. The molecule has 0 radical (unpaired) electrons. The molecular formula is C20H24N4O3. The van der Waals surface area contributed by atoms with Crippen LogP contribution in [0.3, 0.4) is 0 Å². The summed E-state index contributed by atoms with van der Waals surface area (Å²) in [7, 11) is 4.02. The second-order valence-electron chi connectivity index (χ2n) is 6.36. The van der Waals surface area contributed by atoms with E-state index in [0.29, 0.717) is 18.9 Å². The standard InChI is InChI=1S/C20H24N4O3/c1-4-26-18(25)14-24-20-17(6-5-11-21-20)19(22-24)15-7-9-16(10-8-15)27-13-12-23(2)3/h5-11H,4,12-14H2,1-3H3. The molecule has 3 aromatic rings. The average molecular weight is 368 g/mol. The molecule has 0 saturated heterocycles. The molecule has 0 aliphatic rings. The van der Waals surface area contributed by atoms with Crippen molar-refractivity contribution in [2.75, 3.05) is 33.9 Å². The fourth-order valence-electron chi connectivity index (χ4n) is 2.72. The molecule has 1 aromatic carbocycles. The third-order valence-electron chi connectivity index (χ3n) is 4.03. The van der Waals surface area contributed by atoms with Crippen LogP contribution in [0.2, 0.25) is 0 Å². The number of pyridine rings is 1. The SMILES string of the molecule is CCOC(=O)Cn1nc(-c2ccc(OCCN(C)C)cc2)c2cccnc21. The number of fused-ring (bicyclic) bond motifs is 1. The lowest BCUT2D eigenvalue weighted by molar-refractivity contribution is -0.143. The zero-order chi connectivity index (χ0) is 19.2. The predicted octanol–water partition coefficient (Wildman–Crippen LogP) is 2.60. The van der Waals surface area contributed by atoms with Crippen molar-refractivity contribution < 1.29 is 14.3 Å². The molecule has 2 heterocycles. The molecule has 0 N–H and O–H groups in total. The monoisotopic (exact) mass is 368 g/mol. The van der Waals surface area contributed by atoms with Crippen LogP contribution in [0.15, 0.2) is 42.6 Å². The van der Waals surface area contributed by atoms with Crippen molar-refractivity contribution in [3.05, 3.63) is 42.6 Å². The summed E-state index contributed by atoms with van der Waals surface area (Å²) in [5, 5.41) is 5.49. The average Bonchev–Trinajstić information content (AvgIpc) is 3.01. The van der Waals surface area contributed by atoms with Crippen LogP contribution >= 0.6 is 0 Å². The Morgan fingerprint density at radius 1 is 1.19 bits per heavy atom. The third kappa shape index (κ3) is 4.62. The number of ether oxygens (including phenoxy) is 2. The van der Waals surface area contributed by atoms with Crippen LogP contribution in [0.4, 0.5) is 0 Å². The van der Waals surface area contributed by atoms with E-state index in [1.54, 1.807) is 17.8 Å². The van der Waals surface area contributed by atoms with E-state index < -0.39 is 0 Å². The van der Waals surface area contributed by atoms with Crippen molar-refractivity contribution in [3.8, 4) is 17.0 Å². The smallest absolute Gasteiger partial charge is 0.327 e. The number of hydrogen-bond donors (Lipinski definition) is 0. The van der Waals surface area contributed by atoms with Crippen LogP contribution in [0, 0.1) is 0 Å². The topological polar surface area (TPSA) is 69.5 Å². The number of benzene rings is 1. The van der Waals surface area contributed by atoms with Crippen molar-refractivity contribution >= 4 is 17.0 Å². The molecule has 0 aliphatic heterocycles. The summed E-state index contributed by atoms with van der Waals surface area (Å²) in [6.45, 7) is 3.65. The van der Waals surface area contributed by atoms with E-state index in [1.165, 1.54) is 0 Å². The molecule has 0 unspecified atom stereocenters. The van der Waals surface area contributed by atoms with Gasteiger partial charge in [0.25, 0.3) is 0 Å². The molecular weight excluding hydrogens is 344 g/mol. The molecule has 2 aromatic heterocycles. The van der Waals surface area contributed by atoms with Gasteiger partial charge in [0.05, 0.1) is 6.61 Å². The zero-order valence-corrected chi connectivity index (χ0v) is 15.9. The molecule has 0 saturated carbocycles. The minimum absolute atomic E-state index is 0.0348. The largest absolute Gasteiger partial charge is 0.492 e. The molecule has 0 aliphatic carbocycles. The zero-order valence-electron chi connectivity index (χ0n) is 15.9. The van der Waals surface area contributed by atoms with Crippen molar-refractivity contribution in [2.24, 2.45) is 0 Å². The van der Waals surface area contributed by atoms with Crippen LogP contribution < -0.4 is 4.74 Å². The first-order valence-electron chi connectivity index (χ1n) is 8.93. The lowest BCUT2D eigenvalue weighted by atomic mass is 10.1. The first-order chi connectivity index (χ1) is 13.1. The Morgan fingerprint density at radius 2 is 1.96 bits per heavy atom. The lowest BCUT2D eigenvalue weighted by Gasteiger charge is -2.11. The Balaban J connectivity index is 1.84. The van der Waals surface area contributed by atoms with E-state index in [-0.39, 0.29) is 12.5 Å².